The van der Waals surface area contributed by atoms with Gasteiger partial charge in [-0.25, -0.2) is 0 Å². The van der Waals surface area contributed by atoms with Crippen LogP contribution in [0, 0.1) is 0 Å². The molecule has 0 atom stereocenters. The van der Waals surface area contributed by atoms with E-state index in [1.165, 1.54) is 49.5 Å². The van der Waals surface area contributed by atoms with E-state index < -0.39 is 0 Å². The third kappa shape index (κ3) is 4.95. The Bertz CT molecular complexity index is 2990. The van der Waals surface area contributed by atoms with Gasteiger partial charge in [-0.3, -0.25) is 0 Å². The van der Waals surface area contributed by atoms with Crippen LogP contribution in [0.2, 0.25) is 0 Å². The smallest absolute Gasteiger partial charge is 0.137 e. The summed E-state index contributed by atoms with van der Waals surface area (Å²) in [6.07, 6.45) is 0. The summed E-state index contributed by atoms with van der Waals surface area (Å²) in [5.74, 6) is 1.69. The third-order valence-corrected chi connectivity index (χ3v) is 11.8. The fourth-order valence-corrected chi connectivity index (χ4v) is 9.06. The van der Waals surface area contributed by atoms with Crippen molar-refractivity contribution in [3.63, 3.8) is 0 Å². The molecule has 1 heterocycles. The van der Waals surface area contributed by atoms with Crippen LogP contribution in [-0.2, 0) is 5.41 Å². The minimum Gasteiger partial charge on any atom is -0.456 e. The van der Waals surface area contributed by atoms with E-state index in [0.29, 0.717) is 0 Å². The molecule has 2 heteroatoms. The van der Waals surface area contributed by atoms with Gasteiger partial charge in [-0.05, 0) is 127 Å². The first-order valence-corrected chi connectivity index (χ1v) is 19.1. The summed E-state index contributed by atoms with van der Waals surface area (Å²) < 4.78 is 7.08. The van der Waals surface area contributed by atoms with Crippen molar-refractivity contribution in [2.24, 2.45) is 0 Å². The van der Waals surface area contributed by atoms with Crippen molar-refractivity contribution in [1.29, 1.82) is 0 Å². The van der Waals surface area contributed by atoms with Crippen LogP contribution in [-0.4, -0.2) is 0 Å². The van der Waals surface area contributed by atoms with Gasteiger partial charge in [0.1, 0.15) is 11.5 Å². The highest BCUT2D eigenvalue weighted by molar-refractivity contribution is 6.03. The van der Waals surface area contributed by atoms with E-state index in [1.54, 1.807) is 0 Å². The van der Waals surface area contributed by atoms with Crippen molar-refractivity contribution >= 4 is 38.6 Å². The molecule has 0 N–H and O–H groups in total. The van der Waals surface area contributed by atoms with Crippen LogP contribution in [0.4, 0.5) is 17.1 Å². The molecular formula is C53H37NO. The Balaban J connectivity index is 1.16. The Labute approximate surface area is 321 Å². The summed E-state index contributed by atoms with van der Waals surface area (Å²) in [6, 6.07) is 68.4. The maximum Gasteiger partial charge on any atom is 0.137 e. The summed E-state index contributed by atoms with van der Waals surface area (Å²) in [5, 5.41) is 4.81. The molecule has 0 saturated heterocycles. The number of para-hydroxylation sites is 1. The first kappa shape index (κ1) is 31.6. The van der Waals surface area contributed by atoms with Crippen LogP contribution in [0.5, 0.6) is 11.5 Å². The molecule has 55 heavy (non-hydrogen) atoms. The van der Waals surface area contributed by atoms with Gasteiger partial charge in [-0.2, -0.15) is 0 Å². The second-order valence-corrected chi connectivity index (χ2v) is 15.3. The predicted octanol–water partition coefficient (Wildman–Crippen LogP) is 14.9. The second-order valence-electron chi connectivity index (χ2n) is 15.3. The van der Waals surface area contributed by atoms with Gasteiger partial charge in [0, 0.05) is 27.9 Å². The molecule has 0 fully saturated rings. The van der Waals surface area contributed by atoms with E-state index in [0.717, 1.165) is 56.2 Å². The molecule has 0 saturated carbocycles. The van der Waals surface area contributed by atoms with Gasteiger partial charge in [0.2, 0.25) is 0 Å². The molecule has 1 aliphatic carbocycles. The van der Waals surface area contributed by atoms with Gasteiger partial charge >= 0.3 is 0 Å². The fraction of sp³-hybridized carbons (Fsp3) is 0.0566. The molecule has 0 spiro atoms. The predicted molar refractivity (Wildman–Crippen MR) is 230 cm³/mol. The number of benzene rings is 9. The Morgan fingerprint density at radius 1 is 0.382 bits per heavy atom. The Hall–Kier alpha value is -6.90. The van der Waals surface area contributed by atoms with E-state index in [1.807, 2.05) is 0 Å². The van der Waals surface area contributed by atoms with Crippen LogP contribution in [0.3, 0.4) is 0 Å². The van der Waals surface area contributed by atoms with E-state index in [2.05, 4.69) is 207 Å². The molecular weight excluding hydrogens is 667 g/mol. The Morgan fingerprint density at radius 3 is 1.87 bits per heavy atom. The average molecular weight is 704 g/mol. The lowest BCUT2D eigenvalue weighted by Crippen LogP contribution is -2.17. The monoisotopic (exact) mass is 703 g/mol. The molecule has 0 amide bonds. The quantitative estimate of drug-likeness (QED) is 0.181. The van der Waals surface area contributed by atoms with Crippen LogP contribution < -0.4 is 9.64 Å². The molecule has 9 aromatic carbocycles. The van der Waals surface area contributed by atoms with Crippen LogP contribution in [0.25, 0.3) is 66.1 Å². The number of nitrogens with zero attached hydrogens (tertiary/aromatic N) is 1. The largest absolute Gasteiger partial charge is 0.456 e. The lowest BCUT2D eigenvalue weighted by Gasteiger charge is -2.30. The van der Waals surface area contributed by atoms with Crippen molar-refractivity contribution in [3.05, 3.63) is 199 Å². The zero-order valence-electron chi connectivity index (χ0n) is 30.8. The molecule has 2 aliphatic rings. The van der Waals surface area contributed by atoms with Gasteiger partial charge in [-0.15, -0.1) is 0 Å². The van der Waals surface area contributed by atoms with Crippen molar-refractivity contribution in [2.45, 2.75) is 19.3 Å². The normalized spacial score (nSPS) is 13.2. The van der Waals surface area contributed by atoms with E-state index in [4.69, 9.17) is 4.74 Å². The molecule has 11 rings (SSSR count). The summed E-state index contributed by atoms with van der Waals surface area (Å²) in [7, 11) is 0. The van der Waals surface area contributed by atoms with E-state index in [-0.39, 0.29) is 5.41 Å². The summed E-state index contributed by atoms with van der Waals surface area (Å²) in [6.45, 7) is 4.70. The fourth-order valence-electron chi connectivity index (χ4n) is 9.06. The third-order valence-electron chi connectivity index (χ3n) is 11.8. The number of rotatable bonds is 4. The standard InChI is InChI=1S/C53H37NO/c1-53(2)47-20-11-10-19-42(47)43-28-26-41(33-48(43)53)54(40-17-4-3-5-18-40)49-21-12-22-50-52(49)44-27-25-39(38-24-23-34-13-6-7-14-35(34)29-38)30-45(44)46-31-36-15-8-9-16-37(36)32-51(46)55-50/h3-33H,1-2H3. The maximum atomic E-state index is 7.08. The molecule has 0 unspecified atom stereocenters. The topological polar surface area (TPSA) is 12.5 Å². The number of hydrogen-bond acceptors (Lipinski definition) is 2. The minimum atomic E-state index is -0.129. The summed E-state index contributed by atoms with van der Waals surface area (Å²) in [4.78, 5) is 2.41. The van der Waals surface area contributed by atoms with Crippen molar-refractivity contribution in [1.82, 2.24) is 0 Å². The SMILES string of the molecule is CC1(C)c2ccccc2-c2ccc(N(c3ccccc3)c3cccc4c3-c3ccc(-c5ccc6ccccc6c5)cc3-c3cc5ccccc5cc3O4)cc21. The first-order valence-electron chi connectivity index (χ1n) is 19.1. The molecule has 0 bridgehead atoms. The summed E-state index contributed by atoms with van der Waals surface area (Å²) in [5.41, 5.74) is 15.3. The molecule has 260 valence electrons. The molecule has 0 radical (unpaired) electrons. The molecule has 9 aromatic rings. The van der Waals surface area contributed by atoms with Crippen LogP contribution >= 0.6 is 0 Å². The average Bonchev–Trinajstić information content (AvgIpc) is 3.36. The summed E-state index contributed by atoms with van der Waals surface area (Å²) >= 11 is 0. The second kappa shape index (κ2) is 12.1. The maximum absolute atomic E-state index is 7.08. The van der Waals surface area contributed by atoms with E-state index in [9.17, 15) is 0 Å². The Kier molecular flexibility index (Phi) is 6.93. The molecule has 0 aromatic heterocycles. The lowest BCUT2D eigenvalue weighted by atomic mass is 9.82. The highest BCUT2D eigenvalue weighted by Crippen LogP contribution is 2.55. The first-order chi connectivity index (χ1) is 27.0. The number of ether oxygens (including phenoxy) is 1. The van der Waals surface area contributed by atoms with Crippen molar-refractivity contribution in [2.75, 3.05) is 4.90 Å². The van der Waals surface area contributed by atoms with Crippen LogP contribution in [0.1, 0.15) is 25.0 Å². The Morgan fingerprint density at radius 2 is 1.04 bits per heavy atom. The van der Waals surface area contributed by atoms with Gasteiger partial charge < -0.3 is 9.64 Å². The zero-order valence-corrected chi connectivity index (χ0v) is 30.8. The zero-order chi connectivity index (χ0) is 36.7. The van der Waals surface area contributed by atoms with Gasteiger partial charge in [0.25, 0.3) is 0 Å². The minimum absolute atomic E-state index is 0.129. The number of fused-ring (bicyclic) bond motifs is 10. The van der Waals surface area contributed by atoms with E-state index >= 15 is 0 Å². The van der Waals surface area contributed by atoms with Crippen LogP contribution in [0.15, 0.2) is 188 Å². The lowest BCUT2D eigenvalue weighted by molar-refractivity contribution is 0.488. The van der Waals surface area contributed by atoms with Gasteiger partial charge in [0.05, 0.1) is 5.69 Å². The van der Waals surface area contributed by atoms with Crippen molar-refractivity contribution in [3.8, 4) is 56.0 Å². The van der Waals surface area contributed by atoms with Crippen molar-refractivity contribution < 1.29 is 4.74 Å². The van der Waals surface area contributed by atoms with Gasteiger partial charge in [-0.1, -0.05) is 141 Å². The molecule has 2 nitrogen and oxygen atoms in total. The number of anilines is 3. The molecule has 1 aliphatic heterocycles. The highest BCUT2D eigenvalue weighted by atomic mass is 16.5. The number of hydrogen-bond donors (Lipinski definition) is 0. The highest BCUT2D eigenvalue weighted by Gasteiger charge is 2.36. The van der Waals surface area contributed by atoms with Gasteiger partial charge in [0.15, 0.2) is 0 Å².